The highest BCUT2D eigenvalue weighted by Crippen LogP contribution is 2.25. The van der Waals surface area contributed by atoms with Crippen molar-refractivity contribution in [2.24, 2.45) is 5.92 Å². The van der Waals surface area contributed by atoms with Gasteiger partial charge in [-0.3, -0.25) is 19.7 Å². The minimum absolute atomic E-state index is 0.0223. The first-order chi connectivity index (χ1) is 12.9. The van der Waals surface area contributed by atoms with Crippen LogP contribution in [0.15, 0.2) is 18.2 Å². The first-order valence-corrected chi connectivity index (χ1v) is 8.97. The Balaban J connectivity index is 1.69. The zero-order valence-electron chi connectivity index (χ0n) is 14.8. The standard InChI is InChI=1S/C18H21N3O6/c22-16(19-5-1-2-6-19)12-3-7-20(8-4-12)17(23)13-9-14(18(24)25)11-15(10-13)21(26)27/h9-12H,1-8H2,(H,24,25). The Morgan fingerprint density at radius 1 is 0.963 bits per heavy atom. The molecule has 0 spiro atoms. The smallest absolute Gasteiger partial charge is 0.335 e. The summed E-state index contributed by atoms with van der Waals surface area (Å²) < 4.78 is 0. The third-order valence-corrected chi connectivity index (χ3v) is 5.17. The molecule has 2 aliphatic rings. The first-order valence-electron chi connectivity index (χ1n) is 8.97. The van der Waals surface area contributed by atoms with Crippen molar-refractivity contribution in [2.45, 2.75) is 25.7 Å². The van der Waals surface area contributed by atoms with Gasteiger partial charge in [-0.15, -0.1) is 0 Å². The predicted molar refractivity (Wildman–Crippen MR) is 94.5 cm³/mol. The molecule has 0 aromatic heterocycles. The van der Waals surface area contributed by atoms with E-state index in [0.717, 1.165) is 44.1 Å². The van der Waals surface area contributed by atoms with E-state index in [-0.39, 0.29) is 23.0 Å². The van der Waals surface area contributed by atoms with Crippen LogP contribution >= 0.6 is 0 Å². The molecular formula is C18H21N3O6. The number of nitro benzene ring substituents is 1. The molecule has 1 N–H and O–H groups in total. The Bertz CT molecular complexity index is 747. The molecule has 9 nitrogen and oxygen atoms in total. The number of carboxylic acids is 1. The van der Waals surface area contributed by atoms with Gasteiger partial charge in [-0.2, -0.15) is 0 Å². The second-order valence-electron chi connectivity index (χ2n) is 6.93. The number of amides is 2. The number of nitro groups is 1. The highest BCUT2D eigenvalue weighted by Gasteiger charge is 2.32. The largest absolute Gasteiger partial charge is 0.478 e. The number of piperidine rings is 1. The quantitative estimate of drug-likeness (QED) is 0.632. The van der Waals surface area contributed by atoms with Gasteiger partial charge in [0.05, 0.1) is 10.5 Å². The van der Waals surface area contributed by atoms with Gasteiger partial charge in [-0.25, -0.2) is 4.79 Å². The van der Waals surface area contributed by atoms with Crippen molar-refractivity contribution in [1.29, 1.82) is 0 Å². The topological polar surface area (TPSA) is 121 Å². The third kappa shape index (κ3) is 4.07. The van der Waals surface area contributed by atoms with E-state index >= 15 is 0 Å². The average Bonchev–Trinajstić information content (AvgIpc) is 3.21. The number of non-ortho nitro benzene ring substituents is 1. The maximum absolute atomic E-state index is 12.7. The molecule has 9 heteroatoms. The summed E-state index contributed by atoms with van der Waals surface area (Å²) in [6.45, 7) is 2.33. The summed E-state index contributed by atoms with van der Waals surface area (Å²) in [5, 5.41) is 20.1. The lowest BCUT2D eigenvalue weighted by Crippen LogP contribution is -2.43. The summed E-state index contributed by atoms with van der Waals surface area (Å²) in [4.78, 5) is 50.0. The number of aromatic carboxylic acids is 1. The van der Waals surface area contributed by atoms with E-state index in [1.807, 2.05) is 4.90 Å². The van der Waals surface area contributed by atoms with Crippen molar-refractivity contribution in [3.05, 3.63) is 39.4 Å². The fraction of sp³-hybridized carbons (Fsp3) is 0.500. The lowest BCUT2D eigenvalue weighted by atomic mass is 9.94. The van der Waals surface area contributed by atoms with Crippen LogP contribution in [0.5, 0.6) is 0 Å². The Morgan fingerprint density at radius 2 is 1.56 bits per heavy atom. The molecule has 0 atom stereocenters. The Labute approximate surface area is 155 Å². The molecule has 0 radical (unpaired) electrons. The van der Waals surface area contributed by atoms with Crippen LogP contribution in [0, 0.1) is 16.0 Å². The second kappa shape index (κ2) is 7.73. The van der Waals surface area contributed by atoms with Crippen LogP contribution in [-0.2, 0) is 4.79 Å². The number of carboxylic acid groups (broad SMARTS) is 1. The maximum Gasteiger partial charge on any atom is 0.335 e. The fourth-order valence-corrected chi connectivity index (χ4v) is 3.67. The number of nitrogens with zero attached hydrogens (tertiary/aromatic N) is 3. The monoisotopic (exact) mass is 375 g/mol. The van der Waals surface area contributed by atoms with Gasteiger partial charge in [0, 0.05) is 49.8 Å². The summed E-state index contributed by atoms with van der Waals surface area (Å²) in [6.07, 6.45) is 3.15. The van der Waals surface area contributed by atoms with Crippen LogP contribution in [0.2, 0.25) is 0 Å². The molecular weight excluding hydrogens is 354 g/mol. The van der Waals surface area contributed by atoms with Gasteiger partial charge in [0.2, 0.25) is 5.91 Å². The van der Waals surface area contributed by atoms with E-state index in [2.05, 4.69) is 0 Å². The molecule has 27 heavy (non-hydrogen) atoms. The van der Waals surface area contributed by atoms with Crippen molar-refractivity contribution in [3.63, 3.8) is 0 Å². The molecule has 2 heterocycles. The SMILES string of the molecule is O=C(O)c1cc(C(=O)N2CCC(C(=O)N3CCCC3)CC2)cc([N+](=O)[O-])c1. The van der Waals surface area contributed by atoms with Gasteiger partial charge in [-0.1, -0.05) is 0 Å². The van der Waals surface area contributed by atoms with Crippen LogP contribution in [-0.4, -0.2) is 63.8 Å². The molecule has 0 aliphatic carbocycles. The number of rotatable bonds is 4. The highest BCUT2D eigenvalue weighted by atomic mass is 16.6. The average molecular weight is 375 g/mol. The Kier molecular flexibility index (Phi) is 5.38. The van der Waals surface area contributed by atoms with Crippen LogP contribution in [0.3, 0.4) is 0 Å². The summed E-state index contributed by atoms with van der Waals surface area (Å²) in [7, 11) is 0. The maximum atomic E-state index is 12.7. The number of likely N-dealkylation sites (tertiary alicyclic amines) is 2. The van der Waals surface area contributed by atoms with Crippen LogP contribution < -0.4 is 0 Å². The second-order valence-corrected chi connectivity index (χ2v) is 6.93. The van der Waals surface area contributed by atoms with Crippen molar-refractivity contribution in [2.75, 3.05) is 26.2 Å². The van der Waals surface area contributed by atoms with E-state index in [4.69, 9.17) is 5.11 Å². The van der Waals surface area contributed by atoms with E-state index in [1.54, 1.807) is 0 Å². The summed E-state index contributed by atoms with van der Waals surface area (Å²) in [6, 6.07) is 3.18. The molecule has 2 saturated heterocycles. The molecule has 2 amide bonds. The normalized spacial score (nSPS) is 17.8. The number of carbonyl (C=O) groups excluding carboxylic acids is 2. The zero-order valence-corrected chi connectivity index (χ0v) is 14.8. The molecule has 1 aromatic carbocycles. The van der Waals surface area contributed by atoms with Crippen molar-refractivity contribution in [1.82, 2.24) is 9.80 Å². The minimum atomic E-state index is -1.33. The molecule has 2 fully saturated rings. The molecule has 0 unspecified atom stereocenters. The molecule has 0 saturated carbocycles. The minimum Gasteiger partial charge on any atom is -0.478 e. The highest BCUT2D eigenvalue weighted by molar-refractivity contribution is 5.98. The van der Waals surface area contributed by atoms with Gasteiger partial charge >= 0.3 is 5.97 Å². The molecule has 144 valence electrons. The van der Waals surface area contributed by atoms with Crippen LogP contribution in [0.4, 0.5) is 5.69 Å². The van der Waals surface area contributed by atoms with Crippen molar-refractivity contribution >= 4 is 23.5 Å². The number of carbonyl (C=O) groups is 3. The molecule has 0 bridgehead atoms. The van der Waals surface area contributed by atoms with Gasteiger partial charge < -0.3 is 14.9 Å². The van der Waals surface area contributed by atoms with Gasteiger partial charge in [0.15, 0.2) is 0 Å². The van der Waals surface area contributed by atoms with Crippen LogP contribution in [0.1, 0.15) is 46.4 Å². The number of hydrogen-bond acceptors (Lipinski definition) is 5. The molecule has 2 aliphatic heterocycles. The Hall–Kier alpha value is -2.97. The fourth-order valence-electron chi connectivity index (χ4n) is 3.67. The number of hydrogen-bond donors (Lipinski definition) is 1. The lowest BCUT2D eigenvalue weighted by molar-refractivity contribution is -0.384. The van der Waals surface area contributed by atoms with Gasteiger partial charge in [-0.05, 0) is 31.7 Å². The molecule has 1 aromatic rings. The zero-order chi connectivity index (χ0) is 19.6. The number of benzene rings is 1. The lowest BCUT2D eigenvalue weighted by Gasteiger charge is -2.33. The molecule has 3 rings (SSSR count). The van der Waals surface area contributed by atoms with E-state index in [0.29, 0.717) is 25.9 Å². The van der Waals surface area contributed by atoms with E-state index in [1.165, 1.54) is 4.90 Å². The third-order valence-electron chi connectivity index (χ3n) is 5.17. The summed E-state index contributed by atoms with van der Waals surface area (Å²) in [5.41, 5.74) is -0.755. The summed E-state index contributed by atoms with van der Waals surface area (Å²) in [5.74, 6) is -1.74. The predicted octanol–water partition coefficient (Wildman–Crippen LogP) is 1.77. The summed E-state index contributed by atoms with van der Waals surface area (Å²) >= 11 is 0. The van der Waals surface area contributed by atoms with Crippen molar-refractivity contribution < 1.29 is 24.4 Å². The Morgan fingerprint density at radius 3 is 2.11 bits per heavy atom. The van der Waals surface area contributed by atoms with Gasteiger partial charge in [0.1, 0.15) is 0 Å². The van der Waals surface area contributed by atoms with Crippen molar-refractivity contribution in [3.8, 4) is 0 Å². The van der Waals surface area contributed by atoms with Crippen LogP contribution in [0.25, 0.3) is 0 Å². The first kappa shape index (κ1) is 18.8. The van der Waals surface area contributed by atoms with Gasteiger partial charge in [0.25, 0.3) is 11.6 Å². The van der Waals surface area contributed by atoms with E-state index in [9.17, 15) is 24.5 Å². The van der Waals surface area contributed by atoms with E-state index < -0.39 is 22.5 Å².